The summed E-state index contributed by atoms with van der Waals surface area (Å²) < 4.78 is 10.3. The molecule has 8 heteroatoms. The predicted octanol–water partition coefficient (Wildman–Crippen LogP) is 4.05. The fourth-order valence-corrected chi connectivity index (χ4v) is 3.03. The molecule has 3 rings (SSSR count). The molecule has 1 unspecified atom stereocenters. The minimum absolute atomic E-state index is 0.231. The lowest BCUT2D eigenvalue weighted by Gasteiger charge is -2.19. The number of cyclic esters (lactones) is 1. The number of carbonyl (C=O) groups is 2. The van der Waals surface area contributed by atoms with E-state index in [4.69, 9.17) is 21.1 Å². The first-order chi connectivity index (χ1) is 13.4. The van der Waals surface area contributed by atoms with E-state index in [-0.39, 0.29) is 12.0 Å². The van der Waals surface area contributed by atoms with Crippen molar-refractivity contribution in [3.05, 3.63) is 47.0 Å². The van der Waals surface area contributed by atoms with Crippen LogP contribution >= 0.6 is 11.6 Å². The monoisotopic (exact) mass is 403 g/mol. The molecule has 1 atom stereocenters. The Kier molecular flexibility index (Phi) is 5.94. The zero-order valence-corrected chi connectivity index (χ0v) is 16.7. The van der Waals surface area contributed by atoms with Crippen LogP contribution in [0.5, 0.6) is 5.75 Å². The second-order valence-corrected chi connectivity index (χ2v) is 6.88. The summed E-state index contributed by atoms with van der Waals surface area (Å²) in [6, 6.07) is 10.2. The van der Waals surface area contributed by atoms with Gasteiger partial charge in [-0.25, -0.2) is 4.79 Å². The predicted molar refractivity (Wildman–Crippen MR) is 110 cm³/mol. The summed E-state index contributed by atoms with van der Waals surface area (Å²) in [4.78, 5) is 25.9. The van der Waals surface area contributed by atoms with Crippen molar-refractivity contribution in [2.45, 2.75) is 19.9 Å². The largest absolute Gasteiger partial charge is 0.495 e. The molecule has 1 saturated heterocycles. The van der Waals surface area contributed by atoms with Crippen LogP contribution in [0.3, 0.4) is 0 Å². The minimum atomic E-state index is -0.526. The molecule has 0 bridgehead atoms. The van der Waals surface area contributed by atoms with Crippen molar-refractivity contribution in [2.75, 3.05) is 35.8 Å². The number of hydrogen-bond acceptors (Lipinski definition) is 5. The molecule has 2 N–H and O–H groups in total. The topological polar surface area (TPSA) is 79.9 Å². The van der Waals surface area contributed by atoms with Gasteiger partial charge < -0.3 is 20.1 Å². The number of aryl methyl sites for hydroxylation is 1. The number of ether oxygens (including phenoxy) is 2. The fraction of sp³-hybridized carbons (Fsp3) is 0.300. The van der Waals surface area contributed by atoms with Crippen LogP contribution in [0.25, 0.3) is 0 Å². The smallest absolute Gasteiger partial charge is 0.414 e. The fourth-order valence-electron chi connectivity index (χ4n) is 2.88. The van der Waals surface area contributed by atoms with Crippen LogP contribution in [0, 0.1) is 6.92 Å². The molecule has 1 aliphatic rings. The van der Waals surface area contributed by atoms with Gasteiger partial charge in [0.1, 0.15) is 18.4 Å². The van der Waals surface area contributed by atoms with Crippen LogP contribution in [0.1, 0.15) is 12.5 Å². The van der Waals surface area contributed by atoms with Gasteiger partial charge in [-0.1, -0.05) is 17.7 Å². The van der Waals surface area contributed by atoms with Gasteiger partial charge in [-0.05, 0) is 43.7 Å². The molecule has 28 heavy (non-hydrogen) atoms. The number of nitrogens with one attached hydrogen (secondary N) is 2. The molecule has 0 radical (unpaired) electrons. The van der Waals surface area contributed by atoms with Gasteiger partial charge in [0.05, 0.1) is 19.3 Å². The number of methoxy groups -OCH3 is 1. The molecule has 0 saturated carbocycles. The van der Waals surface area contributed by atoms with E-state index in [9.17, 15) is 9.59 Å². The highest BCUT2D eigenvalue weighted by Gasteiger charge is 2.24. The Morgan fingerprint density at radius 3 is 2.79 bits per heavy atom. The summed E-state index contributed by atoms with van der Waals surface area (Å²) in [5, 5.41) is 6.57. The first-order valence-electron chi connectivity index (χ1n) is 8.85. The summed E-state index contributed by atoms with van der Waals surface area (Å²) in [6.45, 7) is 4.49. The van der Waals surface area contributed by atoms with E-state index in [0.717, 1.165) is 16.9 Å². The molecule has 0 spiro atoms. The van der Waals surface area contributed by atoms with Crippen LogP contribution in [0.15, 0.2) is 36.4 Å². The number of anilines is 3. The van der Waals surface area contributed by atoms with Crippen LogP contribution in [0.2, 0.25) is 5.02 Å². The Bertz CT molecular complexity index is 903. The summed E-state index contributed by atoms with van der Waals surface area (Å²) >= 11 is 6.11. The van der Waals surface area contributed by atoms with E-state index >= 15 is 0 Å². The van der Waals surface area contributed by atoms with Crippen LogP contribution in [-0.2, 0) is 9.53 Å². The first kappa shape index (κ1) is 19.8. The zero-order chi connectivity index (χ0) is 20.3. The van der Waals surface area contributed by atoms with E-state index in [1.807, 2.05) is 31.2 Å². The van der Waals surface area contributed by atoms with Gasteiger partial charge in [0, 0.05) is 22.5 Å². The highest BCUT2D eigenvalue weighted by Crippen LogP contribution is 2.31. The number of rotatable bonds is 6. The van der Waals surface area contributed by atoms with E-state index in [1.54, 1.807) is 24.0 Å². The maximum atomic E-state index is 12.6. The summed E-state index contributed by atoms with van der Waals surface area (Å²) in [5.41, 5.74) is 2.83. The van der Waals surface area contributed by atoms with Crippen molar-refractivity contribution in [2.24, 2.45) is 0 Å². The van der Waals surface area contributed by atoms with Crippen molar-refractivity contribution < 1.29 is 19.1 Å². The van der Waals surface area contributed by atoms with Crippen molar-refractivity contribution in [3.8, 4) is 5.75 Å². The number of carbonyl (C=O) groups excluding carboxylic acids is 2. The quantitative estimate of drug-likeness (QED) is 0.760. The summed E-state index contributed by atoms with van der Waals surface area (Å²) in [6.07, 6.45) is -0.367. The molecule has 2 aromatic rings. The molecule has 1 heterocycles. The average molecular weight is 404 g/mol. The van der Waals surface area contributed by atoms with Gasteiger partial charge in [-0.15, -0.1) is 0 Å². The van der Waals surface area contributed by atoms with Crippen molar-refractivity contribution in [3.63, 3.8) is 0 Å². The normalized spacial score (nSPS) is 14.4. The van der Waals surface area contributed by atoms with E-state index in [1.165, 1.54) is 7.11 Å². The zero-order valence-electron chi connectivity index (χ0n) is 15.9. The first-order valence-corrected chi connectivity index (χ1v) is 9.22. The number of benzene rings is 2. The lowest BCUT2D eigenvalue weighted by Crippen LogP contribution is -2.32. The number of halogens is 1. The summed E-state index contributed by atoms with van der Waals surface area (Å²) in [5.74, 6) is 0.261. The molecular weight excluding hydrogens is 382 g/mol. The van der Waals surface area contributed by atoms with Gasteiger partial charge in [0.25, 0.3) is 0 Å². The molecular formula is C20H22ClN3O4. The van der Waals surface area contributed by atoms with E-state index in [0.29, 0.717) is 29.6 Å². The van der Waals surface area contributed by atoms with Crippen LogP contribution < -0.4 is 20.3 Å². The van der Waals surface area contributed by atoms with Crippen LogP contribution in [-0.4, -0.2) is 38.3 Å². The van der Waals surface area contributed by atoms with Crippen molar-refractivity contribution in [1.29, 1.82) is 0 Å². The number of hydrogen-bond donors (Lipinski definition) is 2. The molecule has 0 aromatic heterocycles. The second-order valence-electron chi connectivity index (χ2n) is 6.47. The maximum Gasteiger partial charge on any atom is 0.414 e. The maximum absolute atomic E-state index is 12.6. The molecule has 1 aliphatic heterocycles. The third-order valence-corrected chi connectivity index (χ3v) is 4.84. The highest BCUT2D eigenvalue weighted by molar-refractivity contribution is 6.31. The van der Waals surface area contributed by atoms with Crippen molar-refractivity contribution in [1.82, 2.24) is 0 Å². The van der Waals surface area contributed by atoms with Crippen molar-refractivity contribution >= 4 is 40.7 Å². The van der Waals surface area contributed by atoms with E-state index in [2.05, 4.69) is 10.6 Å². The Balaban J connectivity index is 1.70. The van der Waals surface area contributed by atoms with Gasteiger partial charge >= 0.3 is 6.09 Å². The Hall–Kier alpha value is -2.93. The van der Waals surface area contributed by atoms with Crippen LogP contribution in [0.4, 0.5) is 21.9 Å². The number of amides is 2. The Morgan fingerprint density at radius 2 is 2.11 bits per heavy atom. The molecule has 7 nitrogen and oxygen atoms in total. The molecule has 0 aliphatic carbocycles. The molecule has 148 valence electrons. The third kappa shape index (κ3) is 4.31. The lowest BCUT2D eigenvalue weighted by molar-refractivity contribution is -0.116. The number of nitrogens with zero attached hydrogens (tertiary/aromatic N) is 1. The lowest BCUT2D eigenvalue weighted by atomic mass is 10.2. The van der Waals surface area contributed by atoms with Gasteiger partial charge in [0.2, 0.25) is 5.91 Å². The molecule has 1 fully saturated rings. The SMILES string of the molecule is COc1cc(Cl)c(C)cc1NC(=O)C(C)Nc1cccc(N2CCOC2=O)c1. The van der Waals surface area contributed by atoms with Gasteiger partial charge in [-0.3, -0.25) is 9.69 Å². The highest BCUT2D eigenvalue weighted by atomic mass is 35.5. The molecule has 2 amide bonds. The Labute approximate surface area is 168 Å². The second kappa shape index (κ2) is 8.39. The van der Waals surface area contributed by atoms with E-state index < -0.39 is 6.04 Å². The standard InChI is InChI=1S/C20H22ClN3O4/c1-12-9-17(18(27-3)11-16(12)21)23-19(25)13(2)22-14-5-4-6-15(10-14)24-7-8-28-20(24)26/h4-6,9-11,13,22H,7-8H2,1-3H3,(H,23,25). The summed E-state index contributed by atoms with van der Waals surface area (Å²) in [7, 11) is 1.52. The minimum Gasteiger partial charge on any atom is -0.495 e. The third-order valence-electron chi connectivity index (χ3n) is 4.43. The van der Waals surface area contributed by atoms with Gasteiger partial charge in [0.15, 0.2) is 0 Å². The average Bonchev–Trinajstić information content (AvgIpc) is 3.10. The Morgan fingerprint density at radius 1 is 1.32 bits per heavy atom. The molecule has 2 aromatic carbocycles. The van der Waals surface area contributed by atoms with Gasteiger partial charge in [-0.2, -0.15) is 0 Å².